The maximum atomic E-state index is 11.0. The summed E-state index contributed by atoms with van der Waals surface area (Å²) in [4.78, 5) is 22.1. The van der Waals surface area contributed by atoms with Crippen molar-refractivity contribution < 1.29 is 38.0 Å². The fourth-order valence-electron chi connectivity index (χ4n) is 4.30. The molecule has 234 valence electrons. The third-order valence-electron chi connectivity index (χ3n) is 6.66. The highest BCUT2D eigenvalue weighted by Crippen LogP contribution is 2.22. The first-order chi connectivity index (χ1) is 22.4. The Morgan fingerprint density at radius 2 is 0.543 bits per heavy atom. The van der Waals surface area contributed by atoms with E-state index in [4.69, 9.17) is 28.4 Å². The predicted octanol–water partition coefficient (Wildman–Crippen LogP) is 7.85. The van der Waals surface area contributed by atoms with Gasteiger partial charge in [-0.3, -0.25) is 9.59 Å². The molecule has 5 aromatic rings. The highest BCUT2D eigenvalue weighted by Gasteiger charge is 2.04. The number of rotatable bonds is 14. The molecule has 0 heterocycles. The van der Waals surface area contributed by atoms with Gasteiger partial charge in [0.2, 0.25) is 0 Å². The minimum absolute atomic E-state index is 0.355. The number of hydrogen-bond donors (Lipinski definition) is 0. The fraction of sp³-hybridized carbons (Fsp3) is 0.158. The van der Waals surface area contributed by atoms with Crippen LogP contribution in [-0.4, -0.2) is 11.9 Å². The number of ether oxygens (including phenoxy) is 6. The molecular formula is C38H34O8. The van der Waals surface area contributed by atoms with Crippen LogP contribution in [0.4, 0.5) is 0 Å². The Hall–Kier alpha value is -5.76. The number of carbonyl (C=O) groups excluding carboxylic acids is 2. The standard InChI is InChI=1S/C38H34O8/c1-27(39)45-37-19-15-35(16-20-37)43-25-31-7-3-29(4-8-31)23-41-33-11-13-34(14-12-33)42-24-30-5-9-32(10-6-30)26-44-36-17-21-38(22-18-36)46-28(2)40/h3-22H,23-26H2,1-2H3. The molecular weight excluding hydrogens is 584 g/mol. The monoisotopic (exact) mass is 618 g/mol. The van der Waals surface area contributed by atoms with E-state index in [1.165, 1.54) is 13.8 Å². The Morgan fingerprint density at radius 1 is 0.348 bits per heavy atom. The predicted molar refractivity (Wildman–Crippen MR) is 172 cm³/mol. The first-order valence-electron chi connectivity index (χ1n) is 14.7. The molecule has 0 radical (unpaired) electrons. The number of hydrogen-bond acceptors (Lipinski definition) is 8. The molecule has 0 unspecified atom stereocenters. The zero-order valence-electron chi connectivity index (χ0n) is 25.6. The zero-order valence-corrected chi connectivity index (χ0v) is 25.6. The van der Waals surface area contributed by atoms with E-state index in [1.54, 1.807) is 48.5 Å². The van der Waals surface area contributed by atoms with Crippen molar-refractivity contribution >= 4 is 11.9 Å². The van der Waals surface area contributed by atoms with Crippen molar-refractivity contribution in [2.75, 3.05) is 0 Å². The Balaban J connectivity index is 1.00. The molecule has 0 N–H and O–H groups in total. The third kappa shape index (κ3) is 10.2. The van der Waals surface area contributed by atoms with E-state index >= 15 is 0 Å². The third-order valence-corrected chi connectivity index (χ3v) is 6.66. The fourth-order valence-corrected chi connectivity index (χ4v) is 4.30. The Kier molecular flexibility index (Phi) is 10.9. The summed E-state index contributed by atoms with van der Waals surface area (Å²) < 4.78 is 33.6. The summed E-state index contributed by atoms with van der Waals surface area (Å²) in [6.07, 6.45) is 0. The van der Waals surface area contributed by atoms with Crippen molar-refractivity contribution in [3.63, 3.8) is 0 Å². The summed E-state index contributed by atoms with van der Waals surface area (Å²) in [5.41, 5.74) is 4.14. The average Bonchev–Trinajstić information content (AvgIpc) is 3.07. The van der Waals surface area contributed by atoms with E-state index in [1.807, 2.05) is 72.8 Å². The van der Waals surface area contributed by atoms with Gasteiger partial charge in [-0.15, -0.1) is 0 Å². The van der Waals surface area contributed by atoms with Crippen molar-refractivity contribution in [2.45, 2.75) is 40.3 Å². The van der Waals surface area contributed by atoms with Crippen LogP contribution in [0, 0.1) is 0 Å². The second-order valence-electron chi connectivity index (χ2n) is 10.4. The quantitative estimate of drug-likeness (QED) is 0.0918. The largest absolute Gasteiger partial charge is 0.489 e. The van der Waals surface area contributed by atoms with E-state index in [0.29, 0.717) is 49.4 Å². The van der Waals surface area contributed by atoms with Crippen LogP contribution in [0.1, 0.15) is 36.1 Å². The summed E-state index contributed by atoms with van der Waals surface area (Å²) in [6, 6.07) is 37.5. The van der Waals surface area contributed by atoms with Crippen molar-refractivity contribution in [3.8, 4) is 34.5 Å². The second kappa shape index (κ2) is 15.8. The maximum Gasteiger partial charge on any atom is 0.308 e. The lowest BCUT2D eigenvalue weighted by Gasteiger charge is -2.11. The van der Waals surface area contributed by atoms with Crippen molar-refractivity contribution in [1.29, 1.82) is 0 Å². The van der Waals surface area contributed by atoms with Gasteiger partial charge in [-0.2, -0.15) is 0 Å². The molecule has 0 atom stereocenters. The summed E-state index contributed by atoms with van der Waals surface area (Å²) in [7, 11) is 0. The summed E-state index contributed by atoms with van der Waals surface area (Å²) in [5.74, 6) is 3.15. The first-order valence-corrected chi connectivity index (χ1v) is 14.7. The highest BCUT2D eigenvalue weighted by molar-refractivity contribution is 5.69. The van der Waals surface area contributed by atoms with Crippen LogP contribution in [-0.2, 0) is 36.0 Å². The number of carbonyl (C=O) groups is 2. The van der Waals surface area contributed by atoms with Crippen LogP contribution in [0.25, 0.3) is 0 Å². The lowest BCUT2D eigenvalue weighted by atomic mass is 10.1. The average molecular weight is 619 g/mol. The Morgan fingerprint density at radius 3 is 0.739 bits per heavy atom. The number of benzene rings is 5. The highest BCUT2D eigenvalue weighted by atomic mass is 16.5. The molecule has 0 fully saturated rings. The minimum atomic E-state index is -0.355. The second-order valence-corrected chi connectivity index (χ2v) is 10.4. The molecule has 0 aliphatic heterocycles. The van der Waals surface area contributed by atoms with Crippen molar-refractivity contribution in [2.24, 2.45) is 0 Å². The summed E-state index contributed by atoms with van der Waals surface area (Å²) in [5, 5.41) is 0. The van der Waals surface area contributed by atoms with E-state index < -0.39 is 0 Å². The molecule has 8 nitrogen and oxygen atoms in total. The van der Waals surface area contributed by atoms with E-state index in [9.17, 15) is 9.59 Å². The van der Waals surface area contributed by atoms with Crippen LogP contribution < -0.4 is 28.4 Å². The lowest BCUT2D eigenvalue weighted by Crippen LogP contribution is -2.01. The molecule has 8 heteroatoms. The molecule has 5 aromatic carbocycles. The van der Waals surface area contributed by atoms with Crippen LogP contribution in [0.15, 0.2) is 121 Å². The topological polar surface area (TPSA) is 89.5 Å². The molecule has 0 bridgehead atoms. The summed E-state index contributed by atoms with van der Waals surface area (Å²) in [6.45, 7) is 4.45. The van der Waals surface area contributed by atoms with E-state index in [0.717, 1.165) is 33.8 Å². The van der Waals surface area contributed by atoms with Crippen molar-refractivity contribution in [3.05, 3.63) is 144 Å². The van der Waals surface area contributed by atoms with Crippen LogP contribution in [0.2, 0.25) is 0 Å². The van der Waals surface area contributed by atoms with Crippen molar-refractivity contribution in [1.82, 2.24) is 0 Å². The molecule has 0 aliphatic carbocycles. The molecule has 5 rings (SSSR count). The van der Waals surface area contributed by atoms with Gasteiger partial charge in [-0.05, 0) is 95.1 Å². The van der Waals surface area contributed by atoms with E-state index in [2.05, 4.69) is 0 Å². The van der Waals surface area contributed by atoms with Gasteiger partial charge in [0.15, 0.2) is 0 Å². The van der Waals surface area contributed by atoms with Gasteiger partial charge in [-0.25, -0.2) is 0 Å². The smallest absolute Gasteiger partial charge is 0.308 e. The summed E-state index contributed by atoms with van der Waals surface area (Å²) >= 11 is 0. The molecule has 0 aliphatic rings. The first kappa shape index (κ1) is 31.7. The Bertz CT molecular complexity index is 1560. The van der Waals surface area contributed by atoms with E-state index in [-0.39, 0.29) is 11.9 Å². The normalized spacial score (nSPS) is 10.5. The molecule has 0 saturated carbocycles. The number of esters is 2. The molecule has 0 saturated heterocycles. The molecule has 0 amide bonds. The molecule has 0 spiro atoms. The van der Waals surface area contributed by atoms with Gasteiger partial charge < -0.3 is 28.4 Å². The minimum Gasteiger partial charge on any atom is -0.489 e. The van der Waals surface area contributed by atoms with Gasteiger partial charge in [0, 0.05) is 13.8 Å². The molecule has 0 aromatic heterocycles. The van der Waals surface area contributed by atoms with Gasteiger partial charge in [0.05, 0.1) is 0 Å². The van der Waals surface area contributed by atoms with Crippen LogP contribution in [0.5, 0.6) is 34.5 Å². The van der Waals surface area contributed by atoms with Gasteiger partial charge in [0.25, 0.3) is 0 Å². The lowest BCUT2D eigenvalue weighted by molar-refractivity contribution is -0.132. The molecule has 46 heavy (non-hydrogen) atoms. The van der Waals surface area contributed by atoms with Gasteiger partial charge in [-0.1, -0.05) is 48.5 Å². The Labute approximate surface area is 268 Å². The zero-order chi connectivity index (χ0) is 32.1. The maximum absolute atomic E-state index is 11.0. The van der Waals surface area contributed by atoms with Crippen LogP contribution in [0.3, 0.4) is 0 Å². The van der Waals surface area contributed by atoms with Gasteiger partial charge >= 0.3 is 11.9 Å². The SMILES string of the molecule is CC(=O)Oc1ccc(OCc2ccc(COc3ccc(OCc4ccc(COc5ccc(OC(C)=O)cc5)cc4)cc3)cc2)cc1. The van der Waals surface area contributed by atoms with Gasteiger partial charge in [0.1, 0.15) is 60.9 Å². The van der Waals surface area contributed by atoms with Crippen LogP contribution >= 0.6 is 0 Å².